The smallest absolute Gasteiger partial charge is 0.407 e. The maximum absolute atomic E-state index is 13.5. The van der Waals surface area contributed by atoms with E-state index in [1.165, 1.54) is 5.56 Å². The summed E-state index contributed by atoms with van der Waals surface area (Å²) in [5, 5.41) is 7.35. The summed E-state index contributed by atoms with van der Waals surface area (Å²) in [6.45, 7) is 9.75. The third-order valence-corrected chi connectivity index (χ3v) is 6.13. The number of rotatable bonds is 3. The molecule has 2 aliphatic rings. The SMILES string of the molecule is CC1CCN(C(=O)c2cnn3c2CC(CNC(=O)OC(C)(C)C)CC3)c2ccccc21. The van der Waals surface area contributed by atoms with Gasteiger partial charge in [-0.3, -0.25) is 9.48 Å². The highest BCUT2D eigenvalue weighted by molar-refractivity contribution is 6.07. The molecule has 3 heterocycles. The molecule has 7 heteroatoms. The maximum atomic E-state index is 13.5. The predicted molar refractivity (Wildman–Crippen MR) is 119 cm³/mol. The summed E-state index contributed by atoms with van der Waals surface area (Å²) in [6.07, 6.45) is 3.88. The number of anilines is 1. The van der Waals surface area contributed by atoms with Crippen molar-refractivity contribution in [2.45, 2.75) is 65.0 Å². The largest absolute Gasteiger partial charge is 0.444 e. The van der Waals surface area contributed by atoms with Crippen LogP contribution in [0.2, 0.25) is 0 Å². The van der Waals surface area contributed by atoms with Gasteiger partial charge in [-0.15, -0.1) is 0 Å². The molecule has 0 aliphatic carbocycles. The lowest BCUT2D eigenvalue weighted by atomic mass is 9.90. The van der Waals surface area contributed by atoms with Gasteiger partial charge in [-0.25, -0.2) is 4.79 Å². The Labute approximate surface area is 183 Å². The molecule has 166 valence electrons. The van der Waals surface area contributed by atoms with E-state index >= 15 is 0 Å². The summed E-state index contributed by atoms with van der Waals surface area (Å²) in [5.74, 6) is 0.711. The average molecular weight is 425 g/mol. The number of hydrogen-bond donors (Lipinski definition) is 1. The third-order valence-electron chi connectivity index (χ3n) is 6.13. The Kier molecular flexibility index (Phi) is 5.77. The first-order chi connectivity index (χ1) is 14.7. The zero-order chi connectivity index (χ0) is 22.2. The summed E-state index contributed by atoms with van der Waals surface area (Å²) in [4.78, 5) is 27.4. The average Bonchev–Trinajstić information content (AvgIpc) is 3.14. The number of fused-ring (bicyclic) bond motifs is 2. The topological polar surface area (TPSA) is 76.5 Å². The number of amides is 2. The summed E-state index contributed by atoms with van der Waals surface area (Å²) < 4.78 is 7.28. The van der Waals surface area contributed by atoms with Gasteiger partial charge in [-0.1, -0.05) is 25.1 Å². The Bertz CT molecular complexity index is 975. The fourth-order valence-corrected chi connectivity index (χ4v) is 4.50. The molecule has 0 radical (unpaired) electrons. The van der Waals surface area contributed by atoms with Gasteiger partial charge in [0.05, 0.1) is 17.5 Å². The van der Waals surface area contributed by atoms with Gasteiger partial charge in [0.1, 0.15) is 5.60 Å². The van der Waals surface area contributed by atoms with Gasteiger partial charge >= 0.3 is 6.09 Å². The summed E-state index contributed by atoms with van der Waals surface area (Å²) in [5.41, 5.74) is 3.35. The molecule has 0 saturated carbocycles. The number of aromatic nitrogens is 2. The normalized spacial score (nSPS) is 20.6. The van der Waals surface area contributed by atoms with Crippen molar-refractivity contribution in [1.82, 2.24) is 15.1 Å². The van der Waals surface area contributed by atoms with Crippen molar-refractivity contribution in [1.29, 1.82) is 0 Å². The number of benzene rings is 1. The first-order valence-corrected chi connectivity index (χ1v) is 11.2. The molecule has 2 aliphatic heterocycles. The molecule has 31 heavy (non-hydrogen) atoms. The first kappa shape index (κ1) is 21.4. The Morgan fingerprint density at radius 2 is 1.97 bits per heavy atom. The second-order valence-electron chi connectivity index (χ2n) is 9.68. The first-order valence-electron chi connectivity index (χ1n) is 11.2. The Hall–Kier alpha value is -2.83. The molecule has 2 amide bonds. The zero-order valence-corrected chi connectivity index (χ0v) is 18.9. The number of aryl methyl sites for hydroxylation is 1. The lowest BCUT2D eigenvalue weighted by Crippen LogP contribution is -2.38. The van der Waals surface area contributed by atoms with Crippen molar-refractivity contribution in [2.75, 3.05) is 18.0 Å². The van der Waals surface area contributed by atoms with Gasteiger partial charge in [0.25, 0.3) is 5.91 Å². The highest BCUT2D eigenvalue weighted by Gasteiger charge is 2.31. The quantitative estimate of drug-likeness (QED) is 0.804. The highest BCUT2D eigenvalue weighted by atomic mass is 16.6. The maximum Gasteiger partial charge on any atom is 0.407 e. The van der Waals surface area contributed by atoms with E-state index in [9.17, 15) is 9.59 Å². The van der Waals surface area contributed by atoms with Crippen LogP contribution in [-0.2, 0) is 17.7 Å². The van der Waals surface area contributed by atoms with Crippen molar-refractivity contribution >= 4 is 17.7 Å². The number of carbonyl (C=O) groups excluding carboxylic acids is 2. The number of nitrogens with one attached hydrogen (secondary N) is 1. The fraction of sp³-hybridized carbons (Fsp3) is 0.542. The van der Waals surface area contributed by atoms with Crippen LogP contribution in [0, 0.1) is 5.92 Å². The van der Waals surface area contributed by atoms with Gasteiger partial charge in [0.2, 0.25) is 0 Å². The van der Waals surface area contributed by atoms with Gasteiger partial charge in [-0.2, -0.15) is 5.10 Å². The minimum atomic E-state index is -0.517. The number of para-hydroxylation sites is 1. The Balaban J connectivity index is 1.47. The number of hydrogen-bond acceptors (Lipinski definition) is 4. The van der Waals surface area contributed by atoms with E-state index in [4.69, 9.17) is 4.74 Å². The molecule has 0 fully saturated rings. The van der Waals surface area contributed by atoms with Crippen LogP contribution >= 0.6 is 0 Å². The minimum absolute atomic E-state index is 0.0151. The molecule has 0 bridgehead atoms. The van der Waals surface area contributed by atoms with Gasteiger partial charge in [0, 0.05) is 25.3 Å². The van der Waals surface area contributed by atoms with Crippen molar-refractivity contribution < 1.29 is 14.3 Å². The molecular weight excluding hydrogens is 392 g/mol. The van der Waals surface area contributed by atoms with Gasteiger partial charge in [-0.05, 0) is 63.5 Å². The molecule has 2 unspecified atom stereocenters. The van der Waals surface area contributed by atoms with Gasteiger partial charge in [0.15, 0.2) is 0 Å². The summed E-state index contributed by atoms with van der Waals surface area (Å²) in [6, 6.07) is 8.17. The molecule has 1 aromatic heterocycles. The van der Waals surface area contributed by atoms with Crippen LogP contribution in [0.15, 0.2) is 30.5 Å². The molecule has 1 N–H and O–H groups in total. The van der Waals surface area contributed by atoms with Crippen molar-refractivity contribution in [3.8, 4) is 0 Å². The molecule has 7 nitrogen and oxygen atoms in total. The highest BCUT2D eigenvalue weighted by Crippen LogP contribution is 2.36. The molecule has 2 aromatic rings. The summed E-state index contributed by atoms with van der Waals surface area (Å²) in [7, 11) is 0. The van der Waals surface area contributed by atoms with Crippen LogP contribution < -0.4 is 10.2 Å². The lowest BCUT2D eigenvalue weighted by molar-refractivity contribution is 0.0516. The van der Waals surface area contributed by atoms with E-state index < -0.39 is 11.7 Å². The van der Waals surface area contributed by atoms with Crippen molar-refractivity contribution in [2.24, 2.45) is 5.92 Å². The molecular formula is C24H32N4O3. The minimum Gasteiger partial charge on any atom is -0.444 e. The van der Waals surface area contributed by atoms with E-state index in [2.05, 4.69) is 23.4 Å². The zero-order valence-electron chi connectivity index (χ0n) is 18.9. The Morgan fingerprint density at radius 1 is 1.19 bits per heavy atom. The lowest BCUT2D eigenvalue weighted by Gasteiger charge is -2.33. The van der Waals surface area contributed by atoms with Crippen LogP contribution in [-0.4, -0.2) is 40.5 Å². The number of ether oxygens (including phenoxy) is 1. The molecule has 1 aromatic carbocycles. The van der Waals surface area contributed by atoms with Crippen LogP contribution in [0.5, 0.6) is 0 Å². The second-order valence-corrected chi connectivity index (χ2v) is 9.68. The van der Waals surface area contributed by atoms with Crippen molar-refractivity contribution in [3.63, 3.8) is 0 Å². The number of alkyl carbamates (subject to hydrolysis) is 1. The molecule has 0 spiro atoms. The monoisotopic (exact) mass is 424 g/mol. The van der Waals surface area contributed by atoms with Crippen LogP contribution in [0.4, 0.5) is 10.5 Å². The third kappa shape index (κ3) is 4.60. The molecule has 4 rings (SSSR count). The fourth-order valence-electron chi connectivity index (χ4n) is 4.50. The van der Waals surface area contributed by atoms with E-state index in [1.807, 2.05) is 48.6 Å². The Morgan fingerprint density at radius 3 is 2.74 bits per heavy atom. The van der Waals surface area contributed by atoms with E-state index in [-0.39, 0.29) is 11.8 Å². The van der Waals surface area contributed by atoms with E-state index in [1.54, 1.807) is 6.20 Å². The van der Waals surface area contributed by atoms with Crippen LogP contribution in [0.25, 0.3) is 0 Å². The molecule has 2 atom stereocenters. The number of carbonyl (C=O) groups is 2. The van der Waals surface area contributed by atoms with Gasteiger partial charge < -0.3 is 15.0 Å². The predicted octanol–water partition coefficient (Wildman–Crippen LogP) is 4.12. The van der Waals surface area contributed by atoms with E-state index in [0.717, 1.165) is 30.8 Å². The number of nitrogens with zero attached hydrogens (tertiary/aromatic N) is 3. The van der Waals surface area contributed by atoms with E-state index in [0.29, 0.717) is 31.0 Å². The van der Waals surface area contributed by atoms with Crippen LogP contribution in [0.3, 0.4) is 0 Å². The summed E-state index contributed by atoms with van der Waals surface area (Å²) >= 11 is 0. The standard InChI is InChI=1S/C24H32N4O3/c1-16-9-11-27(20-8-6-5-7-18(16)20)22(29)19-15-26-28-12-10-17(13-21(19)28)14-25-23(30)31-24(2,3)4/h5-8,15-17H,9-14H2,1-4H3,(H,25,30). The van der Waals surface area contributed by atoms with Crippen LogP contribution in [0.1, 0.15) is 68.1 Å². The second kappa shape index (κ2) is 8.36. The molecule has 0 saturated heterocycles. The van der Waals surface area contributed by atoms with Crippen molar-refractivity contribution in [3.05, 3.63) is 47.3 Å².